The molecule has 0 rings (SSSR count). The van der Waals surface area contributed by atoms with E-state index in [-0.39, 0.29) is 11.9 Å². The van der Waals surface area contributed by atoms with Crippen molar-refractivity contribution in [1.82, 2.24) is 5.32 Å². The SMILES string of the molecule is C\C=C(/C=N/C(OC)=C(\C)CC)C(=O)NC(C)C. The van der Waals surface area contributed by atoms with Crippen molar-refractivity contribution in [3.63, 3.8) is 0 Å². The van der Waals surface area contributed by atoms with E-state index >= 15 is 0 Å². The largest absolute Gasteiger partial charge is 0.481 e. The third-order valence-electron chi connectivity index (χ3n) is 2.40. The lowest BCUT2D eigenvalue weighted by Gasteiger charge is -2.08. The van der Waals surface area contributed by atoms with Gasteiger partial charge in [-0.1, -0.05) is 13.0 Å². The van der Waals surface area contributed by atoms with E-state index in [0.29, 0.717) is 11.5 Å². The maximum Gasteiger partial charge on any atom is 0.252 e. The second-order valence-corrected chi connectivity index (χ2v) is 4.27. The van der Waals surface area contributed by atoms with Crippen LogP contribution in [0.15, 0.2) is 28.1 Å². The van der Waals surface area contributed by atoms with E-state index < -0.39 is 0 Å². The van der Waals surface area contributed by atoms with Crippen LogP contribution in [0.2, 0.25) is 0 Å². The molecule has 4 heteroatoms. The highest BCUT2D eigenvalue weighted by atomic mass is 16.5. The zero-order valence-corrected chi connectivity index (χ0v) is 12.2. The molecule has 0 aliphatic carbocycles. The first-order valence-electron chi connectivity index (χ1n) is 6.21. The van der Waals surface area contributed by atoms with E-state index in [1.54, 1.807) is 13.2 Å². The molecule has 0 bridgehead atoms. The third-order valence-corrected chi connectivity index (χ3v) is 2.40. The lowest BCUT2D eigenvalue weighted by atomic mass is 10.2. The number of carbonyl (C=O) groups excluding carboxylic acids is 1. The number of hydrogen-bond donors (Lipinski definition) is 1. The first-order chi connectivity index (χ1) is 8.46. The maximum absolute atomic E-state index is 11.8. The molecule has 0 heterocycles. The van der Waals surface area contributed by atoms with E-state index in [4.69, 9.17) is 4.74 Å². The average Bonchev–Trinajstić information content (AvgIpc) is 2.33. The summed E-state index contributed by atoms with van der Waals surface area (Å²) in [5.41, 5.74) is 1.58. The van der Waals surface area contributed by atoms with E-state index in [1.165, 1.54) is 6.21 Å². The predicted molar refractivity (Wildman–Crippen MR) is 75.5 cm³/mol. The highest BCUT2D eigenvalue weighted by Gasteiger charge is 2.07. The fourth-order valence-electron chi connectivity index (χ4n) is 1.23. The zero-order valence-electron chi connectivity index (χ0n) is 12.2. The van der Waals surface area contributed by atoms with Gasteiger partial charge in [-0.05, 0) is 39.7 Å². The number of nitrogens with one attached hydrogen (secondary N) is 1. The van der Waals surface area contributed by atoms with Crippen LogP contribution in [0.3, 0.4) is 0 Å². The van der Waals surface area contributed by atoms with Crippen LogP contribution in [0.1, 0.15) is 41.0 Å². The molecule has 0 atom stereocenters. The second kappa shape index (κ2) is 8.50. The van der Waals surface area contributed by atoms with Crippen LogP contribution in [-0.4, -0.2) is 25.3 Å². The summed E-state index contributed by atoms with van der Waals surface area (Å²) in [4.78, 5) is 16.0. The van der Waals surface area contributed by atoms with Crippen LogP contribution in [0.4, 0.5) is 0 Å². The Morgan fingerprint density at radius 2 is 2.06 bits per heavy atom. The molecular formula is C14H24N2O2. The molecule has 0 saturated heterocycles. The lowest BCUT2D eigenvalue weighted by Crippen LogP contribution is -2.31. The van der Waals surface area contributed by atoms with Gasteiger partial charge < -0.3 is 10.1 Å². The molecule has 0 radical (unpaired) electrons. The molecule has 0 aromatic carbocycles. The minimum Gasteiger partial charge on any atom is -0.481 e. The monoisotopic (exact) mass is 252 g/mol. The molecule has 4 nitrogen and oxygen atoms in total. The second-order valence-electron chi connectivity index (χ2n) is 4.27. The molecule has 1 amide bonds. The number of hydrogen-bond acceptors (Lipinski definition) is 3. The molecule has 18 heavy (non-hydrogen) atoms. The fraction of sp³-hybridized carbons (Fsp3) is 0.571. The van der Waals surface area contributed by atoms with Gasteiger partial charge in [-0.15, -0.1) is 0 Å². The Labute approximate surface area is 110 Å². The van der Waals surface area contributed by atoms with E-state index in [2.05, 4.69) is 10.3 Å². The first-order valence-corrected chi connectivity index (χ1v) is 6.21. The highest BCUT2D eigenvalue weighted by Crippen LogP contribution is 2.10. The van der Waals surface area contributed by atoms with Crippen molar-refractivity contribution in [2.45, 2.75) is 47.1 Å². The molecule has 0 fully saturated rings. The van der Waals surface area contributed by atoms with Crippen LogP contribution in [0.25, 0.3) is 0 Å². The quantitative estimate of drug-likeness (QED) is 0.449. The van der Waals surface area contributed by atoms with Gasteiger partial charge in [-0.2, -0.15) is 0 Å². The molecular weight excluding hydrogens is 228 g/mol. The Morgan fingerprint density at radius 3 is 2.44 bits per heavy atom. The van der Waals surface area contributed by atoms with E-state index in [9.17, 15) is 4.79 Å². The smallest absolute Gasteiger partial charge is 0.252 e. The molecule has 0 aliphatic heterocycles. The van der Waals surface area contributed by atoms with Crippen molar-refractivity contribution < 1.29 is 9.53 Å². The number of methoxy groups -OCH3 is 1. The number of amides is 1. The molecule has 0 aliphatic rings. The van der Waals surface area contributed by atoms with Gasteiger partial charge in [-0.3, -0.25) is 4.79 Å². The predicted octanol–water partition coefficient (Wildman–Crippen LogP) is 2.82. The lowest BCUT2D eigenvalue weighted by molar-refractivity contribution is -0.117. The summed E-state index contributed by atoms with van der Waals surface area (Å²) >= 11 is 0. The Kier molecular flexibility index (Phi) is 7.76. The Bertz CT molecular complexity index is 366. The van der Waals surface area contributed by atoms with Gasteiger partial charge >= 0.3 is 0 Å². The summed E-state index contributed by atoms with van der Waals surface area (Å²) in [5.74, 6) is 0.440. The Hall–Kier alpha value is -1.58. The number of carbonyl (C=O) groups is 1. The first kappa shape index (κ1) is 16.4. The highest BCUT2D eigenvalue weighted by molar-refractivity contribution is 6.12. The van der Waals surface area contributed by atoms with E-state index in [1.807, 2.05) is 34.6 Å². The van der Waals surface area contributed by atoms with Gasteiger partial charge in [0.2, 0.25) is 5.88 Å². The number of nitrogens with zero attached hydrogens (tertiary/aromatic N) is 1. The standard InChI is InChI=1S/C14H24N2O2/c1-7-11(5)14(18-6)15-9-12(8-2)13(17)16-10(3)4/h8-10H,7H2,1-6H3,(H,16,17)/b12-8+,14-11-,15-9+. The van der Waals surface area contributed by atoms with Crippen molar-refractivity contribution in [3.05, 3.63) is 23.1 Å². The van der Waals surface area contributed by atoms with Gasteiger partial charge in [0.15, 0.2) is 0 Å². The number of rotatable bonds is 6. The summed E-state index contributed by atoms with van der Waals surface area (Å²) in [5, 5.41) is 2.82. The summed E-state index contributed by atoms with van der Waals surface area (Å²) in [6.45, 7) is 9.64. The summed E-state index contributed by atoms with van der Waals surface area (Å²) in [7, 11) is 1.58. The van der Waals surface area contributed by atoms with Gasteiger partial charge in [0.25, 0.3) is 5.91 Å². The molecule has 0 saturated carbocycles. The summed E-state index contributed by atoms with van der Waals surface area (Å²) in [6, 6.07) is 0.107. The summed E-state index contributed by atoms with van der Waals surface area (Å²) in [6.07, 6.45) is 4.13. The van der Waals surface area contributed by atoms with Crippen molar-refractivity contribution in [1.29, 1.82) is 0 Å². The van der Waals surface area contributed by atoms with Crippen molar-refractivity contribution >= 4 is 12.1 Å². The third kappa shape index (κ3) is 5.66. The summed E-state index contributed by atoms with van der Waals surface area (Å²) < 4.78 is 5.18. The van der Waals surface area contributed by atoms with Gasteiger partial charge in [0.1, 0.15) is 0 Å². The average molecular weight is 252 g/mol. The van der Waals surface area contributed by atoms with Gasteiger partial charge in [0, 0.05) is 12.3 Å². The van der Waals surface area contributed by atoms with Crippen LogP contribution >= 0.6 is 0 Å². The molecule has 102 valence electrons. The van der Waals surface area contributed by atoms with Crippen molar-refractivity contribution in [3.8, 4) is 0 Å². The fourth-order valence-corrected chi connectivity index (χ4v) is 1.23. The Balaban J connectivity index is 4.89. The molecule has 0 spiro atoms. The molecule has 0 aromatic heterocycles. The Morgan fingerprint density at radius 1 is 1.44 bits per heavy atom. The minimum atomic E-state index is -0.124. The van der Waals surface area contributed by atoms with Crippen LogP contribution < -0.4 is 5.32 Å². The maximum atomic E-state index is 11.8. The van der Waals surface area contributed by atoms with Gasteiger partial charge in [-0.25, -0.2) is 4.99 Å². The number of aliphatic imine (C=N–C) groups is 1. The number of allylic oxidation sites excluding steroid dienone is 2. The minimum absolute atomic E-state index is 0.107. The van der Waals surface area contributed by atoms with Gasteiger partial charge in [0.05, 0.1) is 12.7 Å². The zero-order chi connectivity index (χ0) is 14.1. The normalized spacial score (nSPS) is 13.8. The molecule has 1 N–H and O–H groups in total. The van der Waals surface area contributed by atoms with Crippen LogP contribution in [0.5, 0.6) is 0 Å². The van der Waals surface area contributed by atoms with Crippen molar-refractivity contribution in [2.24, 2.45) is 4.99 Å². The number of ether oxygens (including phenoxy) is 1. The topological polar surface area (TPSA) is 50.7 Å². The van der Waals surface area contributed by atoms with Crippen LogP contribution in [0, 0.1) is 0 Å². The van der Waals surface area contributed by atoms with Crippen LogP contribution in [-0.2, 0) is 9.53 Å². The molecule has 0 aromatic rings. The van der Waals surface area contributed by atoms with Crippen molar-refractivity contribution in [2.75, 3.05) is 7.11 Å². The molecule has 0 unspecified atom stereocenters. The van der Waals surface area contributed by atoms with E-state index in [0.717, 1.165) is 12.0 Å².